The molecule has 0 radical (unpaired) electrons. The Balaban J connectivity index is 3.07. The van der Waals surface area contributed by atoms with Crippen LogP contribution in [0.25, 0.3) is 10.4 Å². The molecule has 0 aliphatic heterocycles. The minimum Gasteiger partial charge on any atom is -0.385 e. The van der Waals surface area contributed by atoms with Gasteiger partial charge in [-0.15, -0.1) is 0 Å². The molecule has 1 atom stereocenters. The van der Waals surface area contributed by atoms with Gasteiger partial charge in [0.25, 0.3) is 0 Å². The predicted molar refractivity (Wildman–Crippen MR) is 64.1 cm³/mol. The molecule has 0 saturated heterocycles. The first kappa shape index (κ1) is 12.6. The van der Waals surface area contributed by atoms with Crippen molar-refractivity contribution < 1.29 is 5.11 Å². The Bertz CT molecular complexity index is 420. The quantitative estimate of drug-likeness (QED) is 0.472. The van der Waals surface area contributed by atoms with Crippen LogP contribution >= 0.6 is 0 Å². The Morgan fingerprint density at radius 3 is 2.75 bits per heavy atom. The molecule has 0 amide bonds. The smallest absolute Gasteiger partial charge is 0.0924 e. The number of nitrogens with zero attached hydrogens (tertiary/aromatic N) is 3. The maximum atomic E-state index is 10.2. The fraction of sp³-hybridized carbons (Fsp3) is 0.500. The lowest BCUT2D eigenvalue weighted by atomic mass is 9.92. The maximum Gasteiger partial charge on any atom is 0.0924 e. The van der Waals surface area contributed by atoms with Crippen molar-refractivity contribution in [3.05, 3.63) is 45.3 Å². The topological polar surface area (TPSA) is 69.0 Å². The van der Waals surface area contributed by atoms with Gasteiger partial charge in [-0.2, -0.15) is 0 Å². The van der Waals surface area contributed by atoms with Crippen molar-refractivity contribution in [2.75, 3.05) is 6.54 Å². The lowest BCUT2D eigenvalue weighted by molar-refractivity contribution is 0.0669. The zero-order valence-corrected chi connectivity index (χ0v) is 9.94. The first-order valence-electron chi connectivity index (χ1n) is 5.34. The van der Waals surface area contributed by atoms with Gasteiger partial charge in [-0.3, -0.25) is 0 Å². The number of rotatable bonds is 4. The Morgan fingerprint density at radius 2 is 2.19 bits per heavy atom. The molecular formula is C12H17N3O. The Kier molecular flexibility index (Phi) is 3.93. The minimum absolute atomic E-state index is 0.0513. The summed E-state index contributed by atoms with van der Waals surface area (Å²) in [6, 6.07) is 5.84. The number of aliphatic hydroxyl groups is 1. The third-order valence-electron chi connectivity index (χ3n) is 2.79. The average Bonchev–Trinajstić information content (AvgIpc) is 2.27. The molecule has 1 aromatic carbocycles. The summed E-state index contributed by atoms with van der Waals surface area (Å²) in [5.74, 6) is 0. The molecule has 1 N–H and O–H groups in total. The molecule has 0 spiro atoms. The van der Waals surface area contributed by atoms with Crippen LogP contribution in [-0.4, -0.2) is 11.7 Å². The average molecular weight is 219 g/mol. The number of hydrogen-bond acceptors (Lipinski definition) is 2. The molecule has 0 aromatic heterocycles. The van der Waals surface area contributed by atoms with E-state index in [0.29, 0.717) is 0 Å². The molecule has 4 nitrogen and oxygen atoms in total. The van der Waals surface area contributed by atoms with Crippen LogP contribution in [0, 0.1) is 6.92 Å². The number of benzene rings is 1. The molecule has 1 aromatic rings. The van der Waals surface area contributed by atoms with Crippen molar-refractivity contribution in [1.29, 1.82) is 0 Å². The fourth-order valence-corrected chi connectivity index (χ4v) is 1.65. The SMILES string of the molecule is CCc1cc(C(C)(O)CN=[N+]=[N-])ccc1C. The van der Waals surface area contributed by atoms with E-state index in [-0.39, 0.29) is 6.54 Å². The van der Waals surface area contributed by atoms with Gasteiger partial charge in [0.1, 0.15) is 0 Å². The lowest BCUT2D eigenvalue weighted by Crippen LogP contribution is -2.24. The van der Waals surface area contributed by atoms with Crippen molar-refractivity contribution in [3.8, 4) is 0 Å². The van der Waals surface area contributed by atoms with Crippen LogP contribution in [0.5, 0.6) is 0 Å². The summed E-state index contributed by atoms with van der Waals surface area (Å²) >= 11 is 0. The highest BCUT2D eigenvalue weighted by Crippen LogP contribution is 2.23. The summed E-state index contributed by atoms with van der Waals surface area (Å²) in [4.78, 5) is 2.67. The van der Waals surface area contributed by atoms with Gasteiger partial charge in [0.2, 0.25) is 0 Å². The van der Waals surface area contributed by atoms with E-state index in [9.17, 15) is 5.11 Å². The van der Waals surface area contributed by atoms with E-state index in [1.807, 2.05) is 25.1 Å². The summed E-state index contributed by atoms with van der Waals surface area (Å²) in [5, 5.41) is 13.6. The fourth-order valence-electron chi connectivity index (χ4n) is 1.65. The second kappa shape index (κ2) is 5.01. The Labute approximate surface area is 95.5 Å². The van der Waals surface area contributed by atoms with Crippen molar-refractivity contribution in [2.24, 2.45) is 5.11 Å². The number of azide groups is 1. The minimum atomic E-state index is -1.09. The zero-order valence-electron chi connectivity index (χ0n) is 9.94. The molecule has 0 aliphatic carbocycles. The van der Waals surface area contributed by atoms with Crippen molar-refractivity contribution in [2.45, 2.75) is 32.8 Å². The zero-order chi connectivity index (χ0) is 12.2. The first-order valence-corrected chi connectivity index (χ1v) is 5.34. The highest BCUT2D eigenvalue weighted by atomic mass is 16.3. The number of aryl methyl sites for hydroxylation is 2. The number of hydrogen-bond donors (Lipinski definition) is 1. The molecule has 0 saturated carbocycles. The first-order chi connectivity index (χ1) is 7.51. The lowest BCUT2D eigenvalue weighted by Gasteiger charge is -2.22. The van der Waals surface area contributed by atoms with Gasteiger partial charge in [0, 0.05) is 4.91 Å². The molecule has 0 fully saturated rings. The van der Waals surface area contributed by atoms with Gasteiger partial charge in [0.05, 0.1) is 12.1 Å². The molecule has 0 heterocycles. The Morgan fingerprint density at radius 1 is 1.50 bits per heavy atom. The molecular weight excluding hydrogens is 202 g/mol. The van der Waals surface area contributed by atoms with Gasteiger partial charge in [-0.05, 0) is 42.5 Å². The maximum absolute atomic E-state index is 10.2. The van der Waals surface area contributed by atoms with Crippen LogP contribution in [0.4, 0.5) is 0 Å². The molecule has 86 valence electrons. The van der Waals surface area contributed by atoms with Gasteiger partial charge < -0.3 is 5.11 Å². The highest BCUT2D eigenvalue weighted by molar-refractivity contribution is 5.34. The molecule has 0 bridgehead atoms. The summed E-state index contributed by atoms with van der Waals surface area (Å²) in [6.45, 7) is 5.83. The van der Waals surface area contributed by atoms with Gasteiger partial charge in [0.15, 0.2) is 0 Å². The van der Waals surface area contributed by atoms with E-state index in [0.717, 1.165) is 12.0 Å². The van der Waals surface area contributed by atoms with E-state index < -0.39 is 5.60 Å². The van der Waals surface area contributed by atoms with E-state index in [2.05, 4.69) is 16.9 Å². The van der Waals surface area contributed by atoms with Crippen molar-refractivity contribution in [3.63, 3.8) is 0 Å². The highest BCUT2D eigenvalue weighted by Gasteiger charge is 2.22. The summed E-state index contributed by atoms with van der Waals surface area (Å²) in [7, 11) is 0. The third-order valence-corrected chi connectivity index (χ3v) is 2.79. The largest absolute Gasteiger partial charge is 0.385 e. The molecule has 4 heteroatoms. The monoisotopic (exact) mass is 219 g/mol. The normalized spacial score (nSPS) is 14.0. The molecule has 0 aliphatic rings. The van der Waals surface area contributed by atoms with Crippen LogP contribution in [0.2, 0.25) is 0 Å². The van der Waals surface area contributed by atoms with Crippen LogP contribution in [0.3, 0.4) is 0 Å². The van der Waals surface area contributed by atoms with E-state index in [4.69, 9.17) is 5.53 Å². The van der Waals surface area contributed by atoms with Crippen molar-refractivity contribution >= 4 is 0 Å². The standard InChI is InChI=1S/C12H17N3O/c1-4-10-7-11(6-5-9(10)2)12(3,16)8-14-15-13/h5-7,16H,4,8H2,1-3H3. The van der Waals surface area contributed by atoms with Gasteiger partial charge in [-0.1, -0.05) is 30.2 Å². The van der Waals surface area contributed by atoms with Crippen LogP contribution in [0.1, 0.15) is 30.5 Å². The third kappa shape index (κ3) is 2.75. The van der Waals surface area contributed by atoms with Gasteiger partial charge in [-0.25, -0.2) is 0 Å². The Hall–Kier alpha value is -1.51. The van der Waals surface area contributed by atoms with E-state index in [1.165, 1.54) is 11.1 Å². The van der Waals surface area contributed by atoms with Crippen molar-refractivity contribution in [1.82, 2.24) is 0 Å². The second-order valence-electron chi connectivity index (χ2n) is 4.16. The molecule has 16 heavy (non-hydrogen) atoms. The summed E-state index contributed by atoms with van der Waals surface area (Å²) in [5.41, 5.74) is 10.4. The van der Waals surface area contributed by atoms with Gasteiger partial charge >= 0.3 is 0 Å². The van der Waals surface area contributed by atoms with Crippen LogP contribution in [-0.2, 0) is 12.0 Å². The van der Waals surface area contributed by atoms with E-state index >= 15 is 0 Å². The molecule has 1 unspecified atom stereocenters. The van der Waals surface area contributed by atoms with Crippen LogP contribution < -0.4 is 0 Å². The predicted octanol–water partition coefficient (Wildman–Crippen LogP) is 3.08. The second-order valence-corrected chi connectivity index (χ2v) is 4.16. The summed E-state index contributed by atoms with van der Waals surface area (Å²) < 4.78 is 0. The molecule has 1 rings (SSSR count). The van der Waals surface area contributed by atoms with E-state index in [1.54, 1.807) is 6.92 Å². The van der Waals surface area contributed by atoms with Crippen LogP contribution in [0.15, 0.2) is 23.3 Å². The summed E-state index contributed by atoms with van der Waals surface area (Å²) in [6.07, 6.45) is 0.928.